The lowest BCUT2D eigenvalue weighted by Gasteiger charge is -2.08. The van der Waals surface area contributed by atoms with Crippen LogP contribution in [0.4, 0.5) is 16.0 Å². The molecule has 0 bridgehead atoms. The van der Waals surface area contributed by atoms with Crippen LogP contribution in [0.3, 0.4) is 0 Å². The third kappa shape index (κ3) is 4.88. The monoisotopic (exact) mass is 412 g/mol. The number of halogens is 1. The van der Waals surface area contributed by atoms with E-state index in [0.717, 1.165) is 10.8 Å². The quantitative estimate of drug-likeness (QED) is 0.194. The van der Waals surface area contributed by atoms with E-state index >= 15 is 0 Å². The number of thiol groups is 1. The molecule has 0 aliphatic rings. The molecule has 0 fully saturated rings. The molecule has 1 aromatic heterocycles. The highest BCUT2D eigenvalue weighted by atomic mass is 32.1. The largest absolute Gasteiger partial charge is 0.424 e. The molecular weight excluding hydrogens is 399 g/mol. The van der Waals surface area contributed by atoms with E-state index in [9.17, 15) is 4.39 Å². The van der Waals surface area contributed by atoms with Gasteiger partial charge in [-0.3, -0.25) is 0 Å². The molecule has 0 atom stereocenters. The van der Waals surface area contributed by atoms with Gasteiger partial charge in [-0.25, -0.2) is 0 Å². The molecular formula is C19H13FN4O4S. The fourth-order valence-electron chi connectivity index (χ4n) is 2.55. The average Bonchev–Trinajstić information content (AvgIpc) is 2.73. The molecule has 0 spiro atoms. The average molecular weight is 412 g/mol. The van der Waals surface area contributed by atoms with Gasteiger partial charge in [-0.1, -0.05) is 30.3 Å². The highest BCUT2D eigenvalue weighted by Crippen LogP contribution is 2.25. The lowest BCUT2D eigenvalue weighted by Crippen LogP contribution is -2.04. The van der Waals surface area contributed by atoms with Crippen LogP contribution in [0.2, 0.25) is 0 Å². The molecule has 29 heavy (non-hydrogen) atoms. The van der Waals surface area contributed by atoms with Crippen molar-refractivity contribution in [3.63, 3.8) is 0 Å². The first-order valence-electron chi connectivity index (χ1n) is 8.30. The summed E-state index contributed by atoms with van der Waals surface area (Å²) in [5, 5.41) is 9.13. The standard InChI is InChI=1S/C19H13FN4O4S/c20-17-22-18(21-14-6-9-15(10-7-14)26-27-28-29)24-19(23-17)25-16-8-5-12-3-1-2-4-13(12)11-16/h1-11,29H,(H,21,22,23,24). The van der Waals surface area contributed by atoms with Gasteiger partial charge in [-0.05, 0) is 52.2 Å². The number of ether oxygens (including phenoxy) is 1. The van der Waals surface area contributed by atoms with E-state index in [1.54, 1.807) is 30.3 Å². The summed E-state index contributed by atoms with van der Waals surface area (Å²) in [6.07, 6.45) is -0.974. The maximum absolute atomic E-state index is 13.8. The summed E-state index contributed by atoms with van der Waals surface area (Å²) in [4.78, 5) is 16.1. The van der Waals surface area contributed by atoms with Crippen LogP contribution in [0.25, 0.3) is 10.8 Å². The Balaban J connectivity index is 1.50. The lowest BCUT2D eigenvalue weighted by molar-refractivity contribution is -0.402. The SMILES string of the molecule is Fc1nc(Nc2ccc(OOOS)cc2)nc(Oc2ccc3ccccc3c2)n1. The van der Waals surface area contributed by atoms with Crippen LogP contribution >= 0.6 is 12.9 Å². The zero-order chi connectivity index (χ0) is 20.1. The molecule has 8 nitrogen and oxygen atoms in total. The smallest absolute Gasteiger partial charge is 0.329 e. The van der Waals surface area contributed by atoms with E-state index in [1.165, 1.54) is 0 Å². The van der Waals surface area contributed by atoms with Crippen molar-refractivity contribution in [2.24, 2.45) is 0 Å². The van der Waals surface area contributed by atoms with Gasteiger partial charge in [0.1, 0.15) is 5.75 Å². The molecule has 0 saturated carbocycles. The highest BCUT2D eigenvalue weighted by Gasteiger charge is 2.09. The van der Waals surface area contributed by atoms with E-state index in [0.29, 0.717) is 17.2 Å². The Morgan fingerprint density at radius 2 is 1.59 bits per heavy atom. The zero-order valence-electron chi connectivity index (χ0n) is 14.7. The van der Waals surface area contributed by atoms with Crippen molar-refractivity contribution in [1.29, 1.82) is 0 Å². The van der Waals surface area contributed by atoms with Crippen molar-refractivity contribution < 1.29 is 23.4 Å². The number of hydrogen-bond acceptors (Lipinski definition) is 9. The number of nitrogens with one attached hydrogen (secondary N) is 1. The third-order valence-corrected chi connectivity index (χ3v) is 3.85. The highest BCUT2D eigenvalue weighted by molar-refractivity contribution is 7.74. The molecule has 10 heteroatoms. The van der Waals surface area contributed by atoms with Gasteiger partial charge in [0.25, 0.3) is 0 Å². The van der Waals surface area contributed by atoms with Gasteiger partial charge in [0.2, 0.25) is 5.95 Å². The van der Waals surface area contributed by atoms with Crippen molar-refractivity contribution in [1.82, 2.24) is 15.0 Å². The Kier molecular flexibility index (Phi) is 5.66. The molecule has 0 amide bonds. The van der Waals surface area contributed by atoms with Crippen molar-refractivity contribution >= 4 is 35.3 Å². The number of anilines is 2. The minimum atomic E-state index is -0.974. The summed E-state index contributed by atoms with van der Waals surface area (Å²) in [5.41, 5.74) is 0.575. The Labute approximate surface area is 169 Å². The lowest BCUT2D eigenvalue weighted by atomic mass is 10.1. The van der Waals surface area contributed by atoms with Gasteiger partial charge < -0.3 is 14.9 Å². The number of hydrogen-bond donors (Lipinski definition) is 2. The molecule has 146 valence electrons. The fourth-order valence-corrected chi connectivity index (χ4v) is 2.58. The van der Waals surface area contributed by atoms with E-state index in [2.05, 4.69) is 42.6 Å². The van der Waals surface area contributed by atoms with Gasteiger partial charge in [-0.2, -0.15) is 14.4 Å². The first-order chi connectivity index (χ1) is 14.2. The summed E-state index contributed by atoms with van der Waals surface area (Å²) in [7, 11) is 0. The molecule has 0 aliphatic heterocycles. The summed E-state index contributed by atoms with van der Waals surface area (Å²) in [5.74, 6) is 0.830. The fraction of sp³-hybridized carbons (Fsp3) is 0. The predicted octanol–water partition coefficient (Wildman–Crippen LogP) is 4.79. The van der Waals surface area contributed by atoms with E-state index in [-0.39, 0.29) is 12.0 Å². The third-order valence-electron chi connectivity index (χ3n) is 3.79. The zero-order valence-corrected chi connectivity index (χ0v) is 15.5. The number of rotatable bonds is 7. The Hall–Kier alpha value is -3.47. The van der Waals surface area contributed by atoms with Crippen LogP contribution < -0.4 is 14.9 Å². The van der Waals surface area contributed by atoms with Gasteiger partial charge in [0.05, 0.1) is 0 Å². The topological polar surface area (TPSA) is 87.6 Å². The number of fused-ring (bicyclic) bond motifs is 1. The normalized spacial score (nSPS) is 10.7. The molecule has 0 radical (unpaired) electrons. The van der Waals surface area contributed by atoms with Gasteiger partial charge in [0.15, 0.2) is 5.75 Å². The van der Waals surface area contributed by atoms with Crippen molar-refractivity contribution in [2.45, 2.75) is 0 Å². The molecule has 0 unspecified atom stereocenters. The van der Waals surface area contributed by atoms with Crippen molar-refractivity contribution in [3.8, 4) is 17.5 Å². The minimum absolute atomic E-state index is 0.0168. The summed E-state index contributed by atoms with van der Waals surface area (Å²) < 4.78 is 23.5. The number of nitrogens with zero attached hydrogens (tertiary/aromatic N) is 3. The minimum Gasteiger partial charge on any atom is -0.424 e. The molecule has 4 aromatic rings. The van der Waals surface area contributed by atoms with Crippen molar-refractivity contribution in [2.75, 3.05) is 5.32 Å². The second-order valence-electron chi connectivity index (χ2n) is 5.70. The maximum atomic E-state index is 13.8. The van der Waals surface area contributed by atoms with Gasteiger partial charge >= 0.3 is 12.1 Å². The first-order valence-corrected chi connectivity index (χ1v) is 8.66. The van der Waals surface area contributed by atoms with E-state index < -0.39 is 6.08 Å². The van der Waals surface area contributed by atoms with Crippen LogP contribution in [0.1, 0.15) is 0 Å². The van der Waals surface area contributed by atoms with Crippen LogP contribution in [0.5, 0.6) is 17.5 Å². The Bertz CT molecular complexity index is 1130. The summed E-state index contributed by atoms with van der Waals surface area (Å²) in [6, 6.07) is 19.5. The Morgan fingerprint density at radius 3 is 2.38 bits per heavy atom. The first kappa shape index (κ1) is 18.9. The molecule has 4 rings (SSSR count). The number of aromatic nitrogens is 3. The van der Waals surface area contributed by atoms with Gasteiger partial charge in [-0.15, -0.1) is 9.32 Å². The van der Waals surface area contributed by atoms with Crippen LogP contribution in [-0.4, -0.2) is 15.0 Å². The molecule has 3 aromatic carbocycles. The Morgan fingerprint density at radius 1 is 0.828 bits per heavy atom. The molecule has 1 N–H and O–H groups in total. The number of benzene rings is 3. The van der Waals surface area contributed by atoms with Crippen molar-refractivity contribution in [3.05, 3.63) is 72.8 Å². The predicted molar refractivity (Wildman–Crippen MR) is 105 cm³/mol. The van der Waals surface area contributed by atoms with E-state index in [4.69, 9.17) is 9.62 Å². The second kappa shape index (κ2) is 8.69. The van der Waals surface area contributed by atoms with Crippen LogP contribution in [0, 0.1) is 6.08 Å². The molecule has 0 saturated heterocycles. The second-order valence-corrected chi connectivity index (χ2v) is 5.85. The van der Waals surface area contributed by atoms with E-state index in [1.807, 2.05) is 36.4 Å². The summed E-state index contributed by atoms with van der Waals surface area (Å²) >= 11 is 3.38. The molecule has 1 heterocycles. The maximum Gasteiger partial charge on any atom is 0.329 e. The van der Waals surface area contributed by atoms with Gasteiger partial charge in [0, 0.05) is 18.6 Å². The van der Waals surface area contributed by atoms with Crippen LogP contribution in [-0.2, 0) is 9.37 Å². The molecule has 0 aliphatic carbocycles. The van der Waals surface area contributed by atoms with Crippen LogP contribution in [0.15, 0.2) is 66.7 Å². The summed E-state index contributed by atoms with van der Waals surface area (Å²) in [6.45, 7) is 0.